The first-order valence-electron chi connectivity index (χ1n) is 9.12. The zero-order valence-corrected chi connectivity index (χ0v) is 15.7. The molecule has 4 heterocycles. The molecule has 0 radical (unpaired) electrons. The topological polar surface area (TPSA) is 64.2 Å². The number of hydrogen-bond acceptors (Lipinski definition) is 4. The monoisotopic (exact) mass is 392 g/mol. The summed E-state index contributed by atoms with van der Waals surface area (Å²) in [5.74, 6) is 1.45. The molecule has 1 amide bonds. The van der Waals surface area contributed by atoms with Gasteiger partial charge in [0.1, 0.15) is 5.52 Å². The number of carbonyl (C=O) groups is 1. The van der Waals surface area contributed by atoms with Crippen LogP contribution in [0.2, 0.25) is 5.02 Å². The third kappa shape index (κ3) is 2.86. The Bertz CT molecular complexity index is 1140. The summed E-state index contributed by atoms with van der Waals surface area (Å²) in [6.07, 6.45) is 4.23. The van der Waals surface area contributed by atoms with E-state index in [2.05, 4.69) is 9.55 Å². The standard InChI is InChI=1S/C21H17ClN4O2/c22-15-7-5-14(6-8-15)21(27)25-11-9-16(13-25)26-19-17(3-1-10-23-19)24-20(26)18-4-2-12-28-18/h1-8,10,12,16H,9,11,13H2/t16-/m0/s1. The summed E-state index contributed by atoms with van der Waals surface area (Å²) in [5, 5.41) is 0.620. The highest BCUT2D eigenvalue weighted by Crippen LogP contribution is 2.32. The van der Waals surface area contributed by atoms with Crippen LogP contribution < -0.4 is 0 Å². The first-order chi connectivity index (χ1) is 13.7. The Morgan fingerprint density at radius 1 is 1.14 bits per heavy atom. The molecule has 4 aromatic rings. The van der Waals surface area contributed by atoms with Gasteiger partial charge in [-0.3, -0.25) is 4.79 Å². The summed E-state index contributed by atoms with van der Waals surface area (Å²) in [4.78, 5) is 24.0. The number of imidazole rings is 1. The number of nitrogens with zero attached hydrogens (tertiary/aromatic N) is 4. The van der Waals surface area contributed by atoms with Gasteiger partial charge in [-0.1, -0.05) is 11.6 Å². The highest BCUT2D eigenvalue weighted by atomic mass is 35.5. The maximum absolute atomic E-state index is 12.9. The van der Waals surface area contributed by atoms with Crippen molar-refractivity contribution in [1.29, 1.82) is 0 Å². The molecular weight excluding hydrogens is 376 g/mol. The van der Waals surface area contributed by atoms with Gasteiger partial charge in [0.05, 0.1) is 12.3 Å². The number of hydrogen-bond donors (Lipinski definition) is 0. The van der Waals surface area contributed by atoms with Crippen LogP contribution in [-0.4, -0.2) is 38.4 Å². The van der Waals surface area contributed by atoms with E-state index in [0.29, 0.717) is 29.4 Å². The number of halogens is 1. The molecule has 0 unspecified atom stereocenters. The zero-order chi connectivity index (χ0) is 19.1. The van der Waals surface area contributed by atoms with Crippen LogP contribution >= 0.6 is 11.6 Å². The Hall–Kier alpha value is -3.12. The molecule has 140 valence electrons. The highest BCUT2D eigenvalue weighted by molar-refractivity contribution is 6.30. The Labute approximate surface area is 166 Å². The van der Waals surface area contributed by atoms with E-state index in [4.69, 9.17) is 21.0 Å². The Morgan fingerprint density at radius 2 is 2.00 bits per heavy atom. The van der Waals surface area contributed by atoms with Crippen molar-refractivity contribution in [3.63, 3.8) is 0 Å². The van der Waals surface area contributed by atoms with Crippen LogP contribution in [-0.2, 0) is 0 Å². The Balaban J connectivity index is 1.49. The fourth-order valence-corrected chi connectivity index (χ4v) is 3.89. The lowest BCUT2D eigenvalue weighted by molar-refractivity contribution is 0.0788. The fraction of sp³-hybridized carbons (Fsp3) is 0.190. The maximum atomic E-state index is 12.9. The van der Waals surface area contributed by atoms with Gasteiger partial charge in [-0.2, -0.15) is 0 Å². The second kappa shape index (κ2) is 6.80. The molecule has 1 fully saturated rings. The summed E-state index contributed by atoms with van der Waals surface area (Å²) in [5.41, 5.74) is 2.26. The lowest BCUT2D eigenvalue weighted by Gasteiger charge is -2.18. The molecule has 1 aliphatic heterocycles. The van der Waals surface area contributed by atoms with Gasteiger partial charge in [-0.05, 0) is 55.0 Å². The van der Waals surface area contributed by atoms with Crippen LogP contribution in [0.25, 0.3) is 22.7 Å². The SMILES string of the molecule is O=C(c1ccc(Cl)cc1)N1CC[C@H](n2c(-c3ccco3)nc3cccnc32)C1. The predicted molar refractivity (Wildman–Crippen MR) is 106 cm³/mol. The number of likely N-dealkylation sites (tertiary alicyclic amines) is 1. The molecule has 1 aliphatic rings. The molecule has 1 saturated heterocycles. The third-order valence-electron chi connectivity index (χ3n) is 5.10. The third-order valence-corrected chi connectivity index (χ3v) is 5.35. The number of pyridine rings is 1. The number of carbonyl (C=O) groups excluding carboxylic acids is 1. The van der Waals surface area contributed by atoms with E-state index in [0.717, 1.165) is 23.4 Å². The van der Waals surface area contributed by atoms with Gasteiger partial charge < -0.3 is 13.9 Å². The highest BCUT2D eigenvalue weighted by Gasteiger charge is 2.31. The van der Waals surface area contributed by atoms with Gasteiger partial charge in [0.15, 0.2) is 17.2 Å². The number of furan rings is 1. The fourth-order valence-electron chi connectivity index (χ4n) is 3.77. The molecule has 1 aromatic carbocycles. The Kier molecular flexibility index (Phi) is 4.13. The van der Waals surface area contributed by atoms with Crippen molar-refractivity contribution in [2.24, 2.45) is 0 Å². The van der Waals surface area contributed by atoms with Crippen molar-refractivity contribution in [3.8, 4) is 11.6 Å². The molecule has 5 rings (SSSR count). The van der Waals surface area contributed by atoms with Crippen LogP contribution in [0.4, 0.5) is 0 Å². The van der Waals surface area contributed by atoms with Gasteiger partial charge >= 0.3 is 0 Å². The van der Waals surface area contributed by atoms with Crippen LogP contribution in [0, 0.1) is 0 Å². The second-order valence-electron chi connectivity index (χ2n) is 6.83. The summed E-state index contributed by atoms with van der Waals surface area (Å²) in [7, 11) is 0. The van der Waals surface area contributed by atoms with Gasteiger partial charge in [-0.25, -0.2) is 9.97 Å². The van der Waals surface area contributed by atoms with Crippen molar-refractivity contribution < 1.29 is 9.21 Å². The molecule has 7 heteroatoms. The largest absolute Gasteiger partial charge is 0.461 e. The second-order valence-corrected chi connectivity index (χ2v) is 7.27. The molecule has 0 bridgehead atoms. The number of amides is 1. The molecule has 6 nitrogen and oxygen atoms in total. The molecule has 0 N–H and O–H groups in total. The quantitative estimate of drug-likeness (QED) is 0.517. The maximum Gasteiger partial charge on any atom is 0.253 e. The zero-order valence-electron chi connectivity index (χ0n) is 15.0. The molecule has 3 aromatic heterocycles. The van der Waals surface area contributed by atoms with Gasteiger partial charge in [-0.15, -0.1) is 0 Å². The van der Waals surface area contributed by atoms with Gasteiger partial charge in [0.25, 0.3) is 5.91 Å². The lowest BCUT2D eigenvalue weighted by Crippen LogP contribution is -2.29. The number of rotatable bonds is 3. The van der Waals surface area contributed by atoms with Crippen molar-refractivity contribution in [2.45, 2.75) is 12.5 Å². The van der Waals surface area contributed by atoms with E-state index in [1.54, 1.807) is 36.7 Å². The molecular formula is C21H17ClN4O2. The average molecular weight is 393 g/mol. The van der Waals surface area contributed by atoms with Gasteiger partial charge in [0.2, 0.25) is 0 Å². The van der Waals surface area contributed by atoms with E-state index in [1.807, 2.05) is 29.2 Å². The van der Waals surface area contributed by atoms with E-state index < -0.39 is 0 Å². The number of aromatic nitrogens is 3. The predicted octanol–water partition coefficient (Wildman–Crippen LogP) is 4.43. The van der Waals surface area contributed by atoms with E-state index >= 15 is 0 Å². The minimum absolute atomic E-state index is 0.0103. The van der Waals surface area contributed by atoms with Crippen molar-refractivity contribution in [1.82, 2.24) is 19.4 Å². The molecule has 0 aliphatic carbocycles. The van der Waals surface area contributed by atoms with Crippen molar-refractivity contribution in [2.75, 3.05) is 13.1 Å². The molecule has 0 spiro atoms. The molecule has 0 saturated carbocycles. The van der Waals surface area contributed by atoms with E-state index in [1.165, 1.54) is 0 Å². The average Bonchev–Trinajstić information content (AvgIpc) is 3.46. The summed E-state index contributed by atoms with van der Waals surface area (Å²) < 4.78 is 7.70. The number of benzene rings is 1. The van der Waals surface area contributed by atoms with Crippen LogP contribution in [0.15, 0.2) is 65.4 Å². The van der Waals surface area contributed by atoms with E-state index in [9.17, 15) is 4.79 Å². The minimum Gasteiger partial charge on any atom is -0.461 e. The molecule has 1 atom stereocenters. The normalized spacial score (nSPS) is 16.8. The van der Waals surface area contributed by atoms with E-state index in [-0.39, 0.29) is 11.9 Å². The van der Waals surface area contributed by atoms with Crippen LogP contribution in [0.1, 0.15) is 22.8 Å². The number of fused-ring (bicyclic) bond motifs is 1. The smallest absolute Gasteiger partial charge is 0.253 e. The van der Waals surface area contributed by atoms with Crippen molar-refractivity contribution >= 4 is 28.7 Å². The first kappa shape index (κ1) is 17.0. The van der Waals surface area contributed by atoms with Crippen LogP contribution in [0.5, 0.6) is 0 Å². The summed E-state index contributed by atoms with van der Waals surface area (Å²) >= 11 is 5.94. The summed E-state index contributed by atoms with van der Waals surface area (Å²) in [6.45, 7) is 1.27. The Morgan fingerprint density at radius 3 is 2.79 bits per heavy atom. The summed E-state index contributed by atoms with van der Waals surface area (Å²) in [6, 6.07) is 14.6. The van der Waals surface area contributed by atoms with Crippen molar-refractivity contribution in [3.05, 3.63) is 71.6 Å². The minimum atomic E-state index is 0.0103. The van der Waals surface area contributed by atoms with Gasteiger partial charge in [0, 0.05) is 29.9 Å². The molecule has 28 heavy (non-hydrogen) atoms. The first-order valence-corrected chi connectivity index (χ1v) is 9.50. The lowest BCUT2D eigenvalue weighted by atomic mass is 10.2. The van der Waals surface area contributed by atoms with Crippen LogP contribution in [0.3, 0.4) is 0 Å².